The molecule has 4 heteroatoms. The van der Waals surface area contributed by atoms with Crippen molar-refractivity contribution in [3.05, 3.63) is 28.2 Å². The van der Waals surface area contributed by atoms with Gasteiger partial charge in [0, 0.05) is 36.9 Å². The average Bonchev–Trinajstić information content (AvgIpc) is 2.41. The van der Waals surface area contributed by atoms with E-state index in [0.29, 0.717) is 5.92 Å². The third-order valence-corrected chi connectivity index (χ3v) is 3.69. The van der Waals surface area contributed by atoms with Crippen LogP contribution >= 0.6 is 15.9 Å². The van der Waals surface area contributed by atoms with Gasteiger partial charge in [0.05, 0.1) is 6.61 Å². The van der Waals surface area contributed by atoms with E-state index < -0.39 is 0 Å². The molecule has 1 N–H and O–H groups in total. The van der Waals surface area contributed by atoms with Crippen molar-refractivity contribution in [3.63, 3.8) is 0 Å². The van der Waals surface area contributed by atoms with Gasteiger partial charge in [-0.05, 0) is 43.1 Å². The van der Waals surface area contributed by atoms with Crippen LogP contribution in [0.4, 0.5) is 5.69 Å². The molecule has 0 saturated heterocycles. The Hall–Kier alpha value is -0.580. The molecule has 0 aromatic heterocycles. The lowest BCUT2D eigenvalue weighted by Crippen LogP contribution is -2.29. The van der Waals surface area contributed by atoms with Gasteiger partial charge in [-0.15, -0.1) is 0 Å². The number of halogens is 1. The Morgan fingerprint density at radius 1 is 1.35 bits per heavy atom. The minimum atomic E-state index is 0.668. The van der Waals surface area contributed by atoms with Crippen molar-refractivity contribution >= 4 is 21.6 Å². The van der Waals surface area contributed by atoms with Crippen LogP contribution < -0.4 is 10.2 Å². The average molecular weight is 343 g/mol. The summed E-state index contributed by atoms with van der Waals surface area (Å²) in [6.07, 6.45) is 0. The van der Waals surface area contributed by atoms with Crippen molar-refractivity contribution in [2.45, 2.75) is 27.3 Å². The summed E-state index contributed by atoms with van der Waals surface area (Å²) in [5.41, 5.74) is 2.63. The quantitative estimate of drug-likeness (QED) is 0.740. The van der Waals surface area contributed by atoms with E-state index >= 15 is 0 Å². The standard InChI is InChI=1S/C16H27BrN2O/c1-5-19(8-9-20-4)16-7-6-15(17)10-14(16)12-18-11-13(2)3/h6-7,10,13,18H,5,8-9,11-12H2,1-4H3. The molecule has 0 saturated carbocycles. The Morgan fingerprint density at radius 2 is 2.10 bits per heavy atom. The Morgan fingerprint density at radius 3 is 2.70 bits per heavy atom. The molecule has 0 amide bonds. The largest absolute Gasteiger partial charge is 0.383 e. The lowest BCUT2D eigenvalue weighted by molar-refractivity contribution is 0.205. The van der Waals surface area contributed by atoms with Gasteiger partial charge < -0.3 is 15.0 Å². The third kappa shape index (κ3) is 5.81. The number of hydrogen-bond donors (Lipinski definition) is 1. The minimum Gasteiger partial charge on any atom is -0.383 e. The van der Waals surface area contributed by atoms with Crippen molar-refractivity contribution in [2.24, 2.45) is 5.92 Å². The highest BCUT2D eigenvalue weighted by Crippen LogP contribution is 2.24. The zero-order chi connectivity index (χ0) is 15.0. The van der Waals surface area contributed by atoms with E-state index in [9.17, 15) is 0 Å². The Labute approximate surface area is 131 Å². The molecule has 3 nitrogen and oxygen atoms in total. The smallest absolute Gasteiger partial charge is 0.0637 e. The molecule has 0 atom stereocenters. The number of anilines is 1. The van der Waals surface area contributed by atoms with Gasteiger partial charge in [-0.2, -0.15) is 0 Å². The Balaban J connectivity index is 2.81. The Kier molecular flexibility index (Phi) is 8.19. The summed E-state index contributed by atoms with van der Waals surface area (Å²) in [5, 5.41) is 3.53. The van der Waals surface area contributed by atoms with Gasteiger partial charge in [0.15, 0.2) is 0 Å². The lowest BCUT2D eigenvalue weighted by atomic mass is 10.1. The molecule has 0 aliphatic rings. The van der Waals surface area contributed by atoms with Crippen LogP contribution in [0.3, 0.4) is 0 Å². The summed E-state index contributed by atoms with van der Waals surface area (Å²) in [4.78, 5) is 2.36. The first-order valence-electron chi connectivity index (χ1n) is 7.31. The van der Waals surface area contributed by atoms with Crippen molar-refractivity contribution in [1.82, 2.24) is 5.32 Å². The summed E-state index contributed by atoms with van der Waals surface area (Å²) >= 11 is 3.57. The molecule has 1 aromatic carbocycles. The van der Waals surface area contributed by atoms with Gasteiger partial charge in [-0.1, -0.05) is 29.8 Å². The van der Waals surface area contributed by atoms with Crippen LogP contribution in [-0.2, 0) is 11.3 Å². The van der Waals surface area contributed by atoms with E-state index in [4.69, 9.17) is 4.74 Å². The summed E-state index contributed by atoms with van der Waals surface area (Å²) in [6, 6.07) is 6.50. The number of methoxy groups -OCH3 is 1. The topological polar surface area (TPSA) is 24.5 Å². The van der Waals surface area contributed by atoms with E-state index in [0.717, 1.165) is 37.3 Å². The molecule has 20 heavy (non-hydrogen) atoms. The fourth-order valence-electron chi connectivity index (χ4n) is 2.15. The molecule has 0 bridgehead atoms. The number of nitrogens with zero attached hydrogens (tertiary/aromatic N) is 1. The molecule has 0 spiro atoms. The maximum atomic E-state index is 5.21. The van der Waals surface area contributed by atoms with Crippen LogP contribution in [0.15, 0.2) is 22.7 Å². The van der Waals surface area contributed by atoms with E-state index in [-0.39, 0.29) is 0 Å². The number of likely N-dealkylation sites (N-methyl/N-ethyl adjacent to an activating group) is 1. The van der Waals surface area contributed by atoms with E-state index in [1.165, 1.54) is 11.3 Å². The van der Waals surface area contributed by atoms with Crippen molar-refractivity contribution in [1.29, 1.82) is 0 Å². The van der Waals surface area contributed by atoms with Crippen LogP contribution in [0.2, 0.25) is 0 Å². The maximum absolute atomic E-state index is 5.21. The second-order valence-corrected chi connectivity index (χ2v) is 6.29. The molecule has 1 rings (SSSR count). The molecule has 114 valence electrons. The van der Waals surface area contributed by atoms with Gasteiger partial charge in [0.25, 0.3) is 0 Å². The number of rotatable bonds is 9. The fourth-order valence-corrected chi connectivity index (χ4v) is 2.56. The van der Waals surface area contributed by atoms with Crippen LogP contribution in [0.1, 0.15) is 26.3 Å². The molecule has 1 aromatic rings. The number of benzene rings is 1. The van der Waals surface area contributed by atoms with Gasteiger partial charge in [-0.3, -0.25) is 0 Å². The Bertz CT molecular complexity index is 396. The molecular weight excluding hydrogens is 316 g/mol. The predicted molar refractivity (Wildman–Crippen MR) is 90.4 cm³/mol. The summed E-state index contributed by atoms with van der Waals surface area (Å²) in [7, 11) is 1.75. The lowest BCUT2D eigenvalue weighted by Gasteiger charge is -2.26. The SMILES string of the molecule is CCN(CCOC)c1ccc(Br)cc1CNCC(C)C. The fraction of sp³-hybridized carbons (Fsp3) is 0.625. The van der Waals surface area contributed by atoms with Crippen LogP contribution in [-0.4, -0.2) is 33.4 Å². The first-order valence-corrected chi connectivity index (χ1v) is 8.10. The maximum Gasteiger partial charge on any atom is 0.0637 e. The molecule has 0 fully saturated rings. The van der Waals surface area contributed by atoms with Crippen molar-refractivity contribution < 1.29 is 4.74 Å². The summed E-state index contributed by atoms with van der Waals surface area (Å²) in [6.45, 7) is 11.2. The first kappa shape index (κ1) is 17.5. The third-order valence-electron chi connectivity index (χ3n) is 3.20. The first-order chi connectivity index (χ1) is 9.58. The van der Waals surface area contributed by atoms with E-state index in [1.807, 2.05) is 0 Å². The van der Waals surface area contributed by atoms with Crippen LogP contribution in [0.25, 0.3) is 0 Å². The summed E-state index contributed by atoms with van der Waals surface area (Å²) in [5.74, 6) is 0.668. The zero-order valence-corrected chi connectivity index (χ0v) is 14.7. The molecule has 0 aliphatic heterocycles. The monoisotopic (exact) mass is 342 g/mol. The van der Waals surface area contributed by atoms with Crippen molar-refractivity contribution in [3.8, 4) is 0 Å². The molecule has 0 aliphatic carbocycles. The normalized spacial score (nSPS) is 11.1. The zero-order valence-electron chi connectivity index (χ0n) is 13.1. The molecule has 0 heterocycles. The van der Waals surface area contributed by atoms with Gasteiger partial charge in [-0.25, -0.2) is 0 Å². The van der Waals surface area contributed by atoms with Gasteiger partial charge in [0.1, 0.15) is 0 Å². The number of ether oxygens (including phenoxy) is 1. The molecule has 0 unspecified atom stereocenters. The van der Waals surface area contributed by atoms with Crippen molar-refractivity contribution in [2.75, 3.05) is 38.3 Å². The second kappa shape index (κ2) is 9.37. The highest BCUT2D eigenvalue weighted by molar-refractivity contribution is 9.10. The van der Waals surface area contributed by atoms with E-state index in [1.54, 1.807) is 7.11 Å². The van der Waals surface area contributed by atoms with Crippen LogP contribution in [0.5, 0.6) is 0 Å². The number of hydrogen-bond acceptors (Lipinski definition) is 3. The number of nitrogens with one attached hydrogen (secondary N) is 1. The van der Waals surface area contributed by atoms with Gasteiger partial charge in [0.2, 0.25) is 0 Å². The van der Waals surface area contributed by atoms with Gasteiger partial charge >= 0.3 is 0 Å². The molecular formula is C16H27BrN2O. The predicted octanol–water partition coefficient (Wildman–Crippen LogP) is 3.67. The second-order valence-electron chi connectivity index (χ2n) is 5.37. The highest BCUT2D eigenvalue weighted by atomic mass is 79.9. The van der Waals surface area contributed by atoms with Crippen LogP contribution in [0, 0.1) is 5.92 Å². The van der Waals surface area contributed by atoms with E-state index in [2.05, 4.69) is 65.1 Å². The minimum absolute atomic E-state index is 0.668. The highest BCUT2D eigenvalue weighted by Gasteiger charge is 2.10. The summed E-state index contributed by atoms with van der Waals surface area (Å²) < 4.78 is 6.34. The molecule has 0 radical (unpaired) electrons.